The molecule has 1 amide bonds. The standard InChI is InChI=1S/C27H32N2O3/c1-4-31-25-15-8-12-22(27(25)32-19-21-10-6-5-7-11-21)18-28-23-13-9-14-24(17-23)29-26(30)16-20(2)3/h5-15,17,20,28H,4,16,18-19H2,1-3H3,(H,29,30). The lowest BCUT2D eigenvalue weighted by atomic mass is 10.1. The van der Waals surface area contributed by atoms with Gasteiger partial charge in [-0.3, -0.25) is 4.79 Å². The smallest absolute Gasteiger partial charge is 0.224 e. The predicted molar refractivity (Wildman–Crippen MR) is 130 cm³/mol. The molecule has 3 aromatic carbocycles. The molecule has 0 aliphatic carbocycles. The number of rotatable bonds is 11. The third-order valence-corrected chi connectivity index (χ3v) is 4.81. The van der Waals surface area contributed by atoms with Gasteiger partial charge in [-0.15, -0.1) is 0 Å². The van der Waals surface area contributed by atoms with Crippen LogP contribution in [0.3, 0.4) is 0 Å². The summed E-state index contributed by atoms with van der Waals surface area (Å²) in [6.07, 6.45) is 0.504. The summed E-state index contributed by atoms with van der Waals surface area (Å²) in [6.45, 7) is 7.63. The van der Waals surface area contributed by atoms with E-state index in [0.29, 0.717) is 32.1 Å². The number of carbonyl (C=O) groups excluding carboxylic acids is 1. The maximum atomic E-state index is 12.1. The van der Waals surface area contributed by atoms with E-state index in [1.807, 2.05) is 93.6 Å². The Labute approximate surface area is 190 Å². The van der Waals surface area contributed by atoms with Gasteiger partial charge in [0.2, 0.25) is 5.91 Å². The summed E-state index contributed by atoms with van der Waals surface area (Å²) in [4.78, 5) is 12.1. The molecule has 0 aliphatic rings. The third-order valence-electron chi connectivity index (χ3n) is 4.81. The van der Waals surface area contributed by atoms with E-state index >= 15 is 0 Å². The van der Waals surface area contributed by atoms with Gasteiger partial charge < -0.3 is 20.1 Å². The molecule has 0 unspecified atom stereocenters. The fourth-order valence-corrected chi connectivity index (χ4v) is 3.35. The van der Waals surface area contributed by atoms with Gasteiger partial charge in [-0.05, 0) is 42.7 Å². The number of benzene rings is 3. The van der Waals surface area contributed by atoms with Gasteiger partial charge in [-0.1, -0.05) is 62.4 Å². The van der Waals surface area contributed by atoms with Crippen molar-refractivity contribution in [3.05, 3.63) is 83.9 Å². The second kappa shape index (κ2) is 11.8. The van der Waals surface area contributed by atoms with E-state index in [2.05, 4.69) is 10.6 Å². The average molecular weight is 433 g/mol. The molecule has 0 aromatic heterocycles. The Hall–Kier alpha value is -3.47. The summed E-state index contributed by atoms with van der Waals surface area (Å²) >= 11 is 0. The first kappa shape index (κ1) is 23.2. The number of hydrogen-bond acceptors (Lipinski definition) is 4. The molecule has 5 nitrogen and oxygen atoms in total. The Morgan fingerprint density at radius 2 is 1.66 bits per heavy atom. The highest BCUT2D eigenvalue weighted by Crippen LogP contribution is 2.33. The molecule has 0 heterocycles. The number of hydrogen-bond donors (Lipinski definition) is 2. The Morgan fingerprint density at radius 3 is 2.41 bits per heavy atom. The maximum absolute atomic E-state index is 12.1. The van der Waals surface area contributed by atoms with E-state index in [4.69, 9.17) is 9.47 Å². The molecule has 3 aromatic rings. The lowest BCUT2D eigenvalue weighted by Gasteiger charge is -2.17. The van der Waals surface area contributed by atoms with Crippen LogP contribution in [0.1, 0.15) is 38.3 Å². The van der Waals surface area contributed by atoms with Crippen molar-refractivity contribution in [1.82, 2.24) is 0 Å². The molecule has 0 atom stereocenters. The lowest BCUT2D eigenvalue weighted by Crippen LogP contribution is -2.14. The molecule has 0 saturated heterocycles. The van der Waals surface area contributed by atoms with Crippen molar-refractivity contribution in [2.24, 2.45) is 5.92 Å². The SMILES string of the molecule is CCOc1cccc(CNc2cccc(NC(=O)CC(C)C)c2)c1OCc1ccccc1. The molecule has 5 heteroatoms. The number of ether oxygens (including phenoxy) is 2. The van der Waals surface area contributed by atoms with E-state index in [9.17, 15) is 4.79 Å². The maximum Gasteiger partial charge on any atom is 0.224 e. The first-order chi connectivity index (χ1) is 15.5. The largest absolute Gasteiger partial charge is 0.490 e. The van der Waals surface area contributed by atoms with Crippen molar-refractivity contribution in [3.63, 3.8) is 0 Å². The zero-order valence-corrected chi connectivity index (χ0v) is 19.1. The van der Waals surface area contributed by atoms with Crippen LogP contribution in [0.4, 0.5) is 11.4 Å². The molecule has 0 bridgehead atoms. The van der Waals surface area contributed by atoms with Gasteiger partial charge in [0.25, 0.3) is 0 Å². The van der Waals surface area contributed by atoms with Crippen molar-refractivity contribution in [2.45, 2.75) is 40.3 Å². The zero-order valence-electron chi connectivity index (χ0n) is 19.1. The number of carbonyl (C=O) groups is 1. The van der Waals surface area contributed by atoms with Crippen LogP contribution in [-0.4, -0.2) is 12.5 Å². The molecule has 2 N–H and O–H groups in total. The van der Waals surface area contributed by atoms with Crippen LogP contribution in [0.25, 0.3) is 0 Å². The van der Waals surface area contributed by atoms with Gasteiger partial charge >= 0.3 is 0 Å². The number of nitrogens with one attached hydrogen (secondary N) is 2. The van der Waals surface area contributed by atoms with Crippen LogP contribution < -0.4 is 20.1 Å². The van der Waals surface area contributed by atoms with E-state index < -0.39 is 0 Å². The van der Waals surface area contributed by atoms with Crippen LogP contribution in [0.15, 0.2) is 72.8 Å². The molecule has 0 spiro atoms. The van der Waals surface area contributed by atoms with E-state index in [1.54, 1.807) is 0 Å². The Kier molecular flexibility index (Phi) is 8.55. The second-order valence-corrected chi connectivity index (χ2v) is 8.03. The van der Waals surface area contributed by atoms with Crippen molar-refractivity contribution in [3.8, 4) is 11.5 Å². The predicted octanol–water partition coefficient (Wildman–Crippen LogP) is 6.26. The minimum absolute atomic E-state index is 0.0261. The summed E-state index contributed by atoms with van der Waals surface area (Å²) in [5.74, 6) is 1.82. The molecule has 0 saturated carbocycles. The van der Waals surface area contributed by atoms with Gasteiger partial charge in [0.05, 0.1) is 6.61 Å². The molecular weight excluding hydrogens is 400 g/mol. The third kappa shape index (κ3) is 7.05. The van der Waals surface area contributed by atoms with E-state index in [-0.39, 0.29) is 5.91 Å². The fourth-order valence-electron chi connectivity index (χ4n) is 3.35. The van der Waals surface area contributed by atoms with Crippen LogP contribution in [0, 0.1) is 5.92 Å². The molecule has 0 fully saturated rings. The molecule has 0 aliphatic heterocycles. The van der Waals surface area contributed by atoms with Gasteiger partial charge in [0, 0.05) is 29.9 Å². The quantitative estimate of drug-likeness (QED) is 0.375. The second-order valence-electron chi connectivity index (χ2n) is 8.03. The summed E-state index contributed by atoms with van der Waals surface area (Å²) in [6, 6.07) is 23.8. The van der Waals surface area contributed by atoms with Gasteiger partial charge in [-0.2, -0.15) is 0 Å². The van der Waals surface area contributed by atoms with Gasteiger partial charge in [0.15, 0.2) is 11.5 Å². The minimum Gasteiger partial charge on any atom is -0.490 e. The van der Waals surface area contributed by atoms with Crippen LogP contribution in [0.2, 0.25) is 0 Å². The van der Waals surface area contributed by atoms with Gasteiger partial charge in [0.1, 0.15) is 6.61 Å². The number of anilines is 2. The normalized spacial score (nSPS) is 10.6. The first-order valence-electron chi connectivity index (χ1n) is 11.1. The monoisotopic (exact) mass is 432 g/mol. The number of para-hydroxylation sites is 1. The van der Waals surface area contributed by atoms with Crippen molar-refractivity contribution in [2.75, 3.05) is 17.2 Å². The van der Waals surface area contributed by atoms with E-state index in [0.717, 1.165) is 34.0 Å². The van der Waals surface area contributed by atoms with Crippen molar-refractivity contribution in [1.29, 1.82) is 0 Å². The Balaban J connectivity index is 1.71. The topological polar surface area (TPSA) is 59.6 Å². The highest BCUT2D eigenvalue weighted by atomic mass is 16.5. The highest BCUT2D eigenvalue weighted by Gasteiger charge is 2.12. The van der Waals surface area contributed by atoms with Crippen LogP contribution in [0.5, 0.6) is 11.5 Å². The molecule has 0 radical (unpaired) electrons. The van der Waals surface area contributed by atoms with Gasteiger partial charge in [-0.25, -0.2) is 0 Å². The highest BCUT2D eigenvalue weighted by molar-refractivity contribution is 5.91. The first-order valence-corrected chi connectivity index (χ1v) is 11.1. The summed E-state index contributed by atoms with van der Waals surface area (Å²) in [7, 11) is 0. The Bertz CT molecular complexity index is 1000. The minimum atomic E-state index is 0.0261. The number of amides is 1. The molecule has 3 rings (SSSR count). The Morgan fingerprint density at radius 1 is 0.906 bits per heavy atom. The summed E-state index contributed by atoms with van der Waals surface area (Å²) < 4.78 is 12.0. The van der Waals surface area contributed by atoms with Crippen LogP contribution in [-0.2, 0) is 17.9 Å². The lowest BCUT2D eigenvalue weighted by molar-refractivity contribution is -0.116. The molecular formula is C27H32N2O3. The van der Waals surface area contributed by atoms with Crippen LogP contribution >= 0.6 is 0 Å². The average Bonchev–Trinajstić information content (AvgIpc) is 2.77. The molecule has 168 valence electrons. The molecule has 32 heavy (non-hydrogen) atoms. The van der Waals surface area contributed by atoms with E-state index in [1.165, 1.54) is 0 Å². The fraction of sp³-hybridized carbons (Fsp3) is 0.296. The van der Waals surface area contributed by atoms with Crippen molar-refractivity contribution >= 4 is 17.3 Å². The zero-order chi connectivity index (χ0) is 22.8. The van der Waals surface area contributed by atoms with Crippen molar-refractivity contribution < 1.29 is 14.3 Å². The summed E-state index contributed by atoms with van der Waals surface area (Å²) in [5.41, 5.74) is 3.80. The summed E-state index contributed by atoms with van der Waals surface area (Å²) in [5, 5.41) is 6.40.